The molecule has 1 fully saturated rings. The van der Waals surface area contributed by atoms with Gasteiger partial charge in [-0.15, -0.1) is 24.0 Å². The van der Waals surface area contributed by atoms with Gasteiger partial charge < -0.3 is 16.0 Å². The average Bonchev–Trinajstić information content (AvgIpc) is 2.56. The highest BCUT2D eigenvalue weighted by Gasteiger charge is 2.17. The first kappa shape index (κ1) is 20.7. The minimum atomic E-state index is 0. The second kappa shape index (κ2) is 11.2. The molecular formula is C17H28IN5O. The zero-order chi connectivity index (χ0) is 16.5. The molecule has 24 heavy (non-hydrogen) atoms. The third kappa shape index (κ3) is 7.48. The quantitative estimate of drug-likeness (QED) is 0.388. The minimum absolute atomic E-state index is 0. The number of carbonyl (C=O) groups is 1. The Morgan fingerprint density at radius 1 is 1.21 bits per heavy atom. The first-order chi connectivity index (χ1) is 11.1. The van der Waals surface area contributed by atoms with E-state index in [1.807, 2.05) is 23.1 Å². The van der Waals surface area contributed by atoms with Crippen molar-refractivity contribution in [2.45, 2.75) is 13.3 Å². The second-order valence-corrected chi connectivity index (χ2v) is 5.78. The Bertz CT molecular complexity index is 515. The summed E-state index contributed by atoms with van der Waals surface area (Å²) in [5, 5.41) is 3.15. The number of rotatable bonds is 6. The molecule has 1 heterocycles. The van der Waals surface area contributed by atoms with E-state index in [1.165, 1.54) is 5.56 Å². The van der Waals surface area contributed by atoms with Crippen molar-refractivity contribution in [1.29, 1.82) is 0 Å². The van der Waals surface area contributed by atoms with Gasteiger partial charge in [0.15, 0.2) is 5.96 Å². The molecule has 0 saturated carbocycles. The van der Waals surface area contributed by atoms with Crippen molar-refractivity contribution < 1.29 is 4.79 Å². The Hall–Kier alpha value is -1.35. The van der Waals surface area contributed by atoms with Crippen LogP contribution in [0.5, 0.6) is 0 Å². The number of hydrogen-bond acceptors (Lipinski definition) is 3. The Labute approximate surface area is 161 Å². The van der Waals surface area contributed by atoms with Crippen molar-refractivity contribution in [1.82, 2.24) is 15.1 Å². The molecule has 1 aromatic carbocycles. The number of nitrogens with two attached hydrogens (primary N) is 1. The number of benzene rings is 1. The lowest BCUT2D eigenvalue weighted by Crippen LogP contribution is -2.48. The maximum Gasteiger partial charge on any atom is 0.219 e. The molecule has 1 amide bonds. The maximum absolute atomic E-state index is 11.3. The molecule has 0 unspecified atom stereocenters. The number of piperazine rings is 1. The Kier molecular flexibility index (Phi) is 9.70. The number of aliphatic imine (C=N–C) groups is 1. The number of nitrogens with zero attached hydrogens (tertiary/aromatic N) is 3. The van der Waals surface area contributed by atoms with Gasteiger partial charge in [-0.3, -0.25) is 14.7 Å². The van der Waals surface area contributed by atoms with Gasteiger partial charge in [-0.25, -0.2) is 0 Å². The highest BCUT2D eigenvalue weighted by atomic mass is 127. The smallest absolute Gasteiger partial charge is 0.219 e. The van der Waals surface area contributed by atoms with E-state index in [0.29, 0.717) is 12.5 Å². The van der Waals surface area contributed by atoms with Gasteiger partial charge in [0, 0.05) is 46.2 Å². The summed E-state index contributed by atoms with van der Waals surface area (Å²) in [6.45, 7) is 7.43. The van der Waals surface area contributed by atoms with Gasteiger partial charge in [0.2, 0.25) is 5.91 Å². The fourth-order valence-corrected chi connectivity index (χ4v) is 2.63. The lowest BCUT2D eigenvalue weighted by Gasteiger charge is -2.33. The van der Waals surface area contributed by atoms with Gasteiger partial charge in [0.1, 0.15) is 0 Å². The van der Waals surface area contributed by atoms with Gasteiger partial charge in [0.25, 0.3) is 0 Å². The van der Waals surface area contributed by atoms with Crippen LogP contribution in [-0.2, 0) is 11.2 Å². The van der Waals surface area contributed by atoms with Crippen LogP contribution >= 0.6 is 24.0 Å². The van der Waals surface area contributed by atoms with E-state index in [0.717, 1.165) is 45.7 Å². The lowest BCUT2D eigenvalue weighted by molar-refractivity contribution is -0.130. The number of guanidine groups is 1. The summed E-state index contributed by atoms with van der Waals surface area (Å²) in [6.07, 6.45) is 0.935. The summed E-state index contributed by atoms with van der Waals surface area (Å²) in [5.41, 5.74) is 7.17. The van der Waals surface area contributed by atoms with E-state index in [-0.39, 0.29) is 29.9 Å². The van der Waals surface area contributed by atoms with Gasteiger partial charge in [-0.2, -0.15) is 0 Å². The van der Waals surface area contributed by atoms with E-state index in [4.69, 9.17) is 5.73 Å². The summed E-state index contributed by atoms with van der Waals surface area (Å²) in [7, 11) is 0. The minimum Gasteiger partial charge on any atom is -0.370 e. The molecule has 0 aromatic heterocycles. The van der Waals surface area contributed by atoms with Crippen LogP contribution in [0.1, 0.15) is 12.5 Å². The van der Waals surface area contributed by atoms with E-state index >= 15 is 0 Å². The van der Waals surface area contributed by atoms with E-state index in [9.17, 15) is 4.79 Å². The predicted octanol–water partition coefficient (Wildman–Crippen LogP) is 0.916. The lowest BCUT2D eigenvalue weighted by atomic mass is 10.1. The molecule has 3 N–H and O–H groups in total. The number of hydrogen-bond donors (Lipinski definition) is 2. The summed E-state index contributed by atoms with van der Waals surface area (Å²) in [5.74, 6) is 0.665. The Morgan fingerprint density at radius 3 is 2.50 bits per heavy atom. The van der Waals surface area contributed by atoms with Crippen LogP contribution in [0, 0.1) is 0 Å². The third-order valence-electron chi connectivity index (χ3n) is 4.08. The van der Waals surface area contributed by atoms with Gasteiger partial charge in [0.05, 0.1) is 6.54 Å². The predicted molar refractivity (Wildman–Crippen MR) is 109 cm³/mol. The van der Waals surface area contributed by atoms with Gasteiger partial charge in [-0.05, 0) is 12.0 Å². The van der Waals surface area contributed by atoms with Crippen molar-refractivity contribution in [3.63, 3.8) is 0 Å². The molecule has 1 aliphatic rings. The molecule has 0 atom stereocenters. The van der Waals surface area contributed by atoms with Crippen LogP contribution in [0.3, 0.4) is 0 Å². The molecule has 0 bridgehead atoms. The topological polar surface area (TPSA) is 74.0 Å². The Balaban J connectivity index is 0.00000288. The van der Waals surface area contributed by atoms with Crippen LogP contribution in [0.15, 0.2) is 35.3 Å². The molecule has 7 heteroatoms. The molecule has 134 valence electrons. The van der Waals surface area contributed by atoms with Crippen molar-refractivity contribution in [2.24, 2.45) is 10.7 Å². The van der Waals surface area contributed by atoms with Crippen LogP contribution in [0.25, 0.3) is 0 Å². The van der Waals surface area contributed by atoms with Gasteiger partial charge >= 0.3 is 0 Å². The SMILES string of the molecule is CC(=O)N1CCN(CCN=C(N)NCCc2ccccc2)CC1.I. The monoisotopic (exact) mass is 445 g/mol. The van der Waals surface area contributed by atoms with Crippen LogP contribution < -0.4 is 11.1 Å². The Morgan fingerprint density at radius 2 is 1.88 bits per heavy atom. The van der Waals surface area contributed by atoms with E-state index < -0.39 is 0 Å². The summed E-state index contributed by atoms with van der Waals surface area (Å²) >= 11 is 0. The van der Waals surface area contributed by atoms with Crippen LogP contribution in [0.2, 0.25) is 0 Å². The number of carbonyl (C=O) groups excluding carboxylic acids is 1. The van der Waals surface area contributed by atoms with Crippen molar-refractivity contribution in [2.75, 3.05) is 45.8 Å². The molecule has 1 aromatic rings. The summed E-state index contributed by atoms with van der Waals surface area (Å²) in [6, 6.07) is 10.3. The first-order valence-electron chi connectivity index (χ1n) is 8.21. The molecule has 1 aliphatic heterocycles. The van der Waals surface area contributed by atoms with E-state index in [2.05, 4.69) is 27.3 Å². The average molecular weight is 445 g/mol. The molecular weight excluding hydrogens is 417 g/mol. The molecule has 0 spiro atoms. The molecule has 2 rings (SSSR count). The molecule has 1 saturated heterocycles. The third-order valence-corrected chi connectivity index (χ3v) is 4.08. The maximum atomic E-state index is 11.3. The van der Waals surface area contributed by atoms with Crippen molar-refractivity contribution in [3.8, 4) is 0 Å². The zero-order valence-corrected chi connectivity index (χ0v) is 16.6. The fraction of sp³-hybridized carbons (Fsp3) is 0.529. The van der Waals surface area contributed by atoms with Gasteiger partial charge in [-0.1, -0.05) is 30.3 Å². The van der Waals surface area contributed by atoms with Crippen LogP contribution in [-0.4, -0.2) is 67.5 Å². The fourth-order valence-electron chi connectivity index (χ4n) is 2.63. The highest BCUT2D eigenvalue weighted by Crippen LogP contribution is 2.01. The zero-order valence-electron chi connectivity index (χ0n) is 14.3. The number of halogens is 1. The highest BCUT2D eigenvalue weighted by molar-refractivity contribution is 14.0. The van der Waals surface area contributed by atoms with Crippen molar-refractivity contribution >= 4 is 35.8 Å². The normalized spacial score (nSPS) is 15.7. The number of nitrogens with one attached hydrogen (secondary N) is 1. The number of amides is 1. The summed E-state index contributed by atoms with van der Waals surface area (Å²) < 4.78 is 0. The van der Waals surface area contributed by atoms with E-state index in [1.54, 1.807) is 6.92 Å². The largest absolute Gasteiger partial charge is 0.370 e. The molecule has 0 aliphatic carbocycles. The van der Waals surface area contributed by atoms with Crippen molar-refractivity contribution in [3.05, 3.63) is 35.9 Å². The molecule has 0 radical (unpaired) electrons. The summed E-state index contributed by atoms with van der Waals surface area (Å²) in [4.78, 5) is 19.8. The second-order valence-electron chi connectivity index (χ2n) is 5.78. The first-order valence-corrected chi connectivity index (χ1v) is 8.21. The van der Waals surface area contributed by atoms with Crippen LogP contribution in [0.4, 0.5) is 0 Å². The standard InChI is InChI=1S/C17H27N5O.HI/c1-15(23)22-13-11-21(12-14-22)10-9-20-17(18)19-8-7-16-5-3-2-4-6-16;/h2-6H,7-14H2,1H3,(H3,18,19,20);1H. The molecule has 6 nitrogen and oxygen atoms in total.